The topological polar surface area (TPSA) is 151 Å². The van der Waals surface area contributed by atoms with E-state index in [1.807, 2.05) is 33.3 Å². The van der Waals surface area contributed by atoms with Crippen molar-refractivity contribution in [2.45, 2.75) is 38.6 Å². The number of aliphatic hydroxyl groups is 1. The number of rotatable bonds is 10. The number of hydrogen-bond donors (Lipinski definition) is 4. The Bertz CT molecular complexity index is 1420. The summed E-state index contributed by atoms with van der Waals surface area (Å²) in [5, 5.41) is 28.3. The molecule has 5 rings (SSSR count). The van der Waals surface area contributed by atoms with Crippen LogP contribution in [0.3, 0.4) is 0 Å². The molecule has 0 radical (unpaired) electrons. The van der Waals surface area contributed by atoms with Gasteiger partial charge in [-0.3, -0.25) is 19.4 Å². The van der Waals surface area contributed by atoms with Crippen molar-refractivity contribution in [1.82, 2.24) is 39.4 Å². The second kappa shape index (κ2) is 11.1. The van der Waals surface area contributed by atoms with E-state index >= 15 is 0 Å². The van der Waals surface area contributed by atoms with Crippen LogP contribution in [-0.4, -0.2) is 76.2 Å². The first kappa shape index (κ1) is 25.5. The van der Waals surface area contributed by atoms with Gasteiger partial charge in [0.05, 0.1) is 53.7 Å². The highest BCUT2D eigenvalue weighted by Gasteiger charge is 2.24. The molecule has 4 heterocycles. The fraction of sp³-hybridized carbons (Fsp3) is 0.440. The number of nitrogens with one attached hydrogen (secondary N) is 3. The first-order valence-electron chi connectivity index (χ1n) is 12.7. The summed E-state index contributed by atoms with van der Waals surface area (Å²) in [5.74, 6) is 0.891. The van der Waals surface area contributed by atoms with E-state index in [1.54, 1.807) is 28.0 Å². The zero-order chi connectivity index (χ0) is 26.6. The van der Waals surface area contributed by atoms with Gasteiger partial charge in [-0.2, -0.15) is 15.2 Å². The minimum atomic E-state index is -0.132. The number of carbonyl (C=O) groups is 1. The fourth-order valence-corrected chi connectivity index (χ4v) is 4.83. The van der Waals surface area contributed by atoms with Crippen molar-refractivity contribution < 1.29 is 9.90 Å². The van der Waals surface area contributed by atoms with Gasteiger partial charge in [-0.05, 0) is 25.8 Å². The van der Waals surface area contributed by atoms with Crippen molar-refractivity contribution in [1.29, 1.82) is 0 Å². The number of anilines is 5. The smallest absolute Gasteiger partial charge is 0.238 e. The van der Waals surface area contributed by atoms with Gasteiger partial charge in [0.2, 0.25) is 11.9 Å². The number of hydrogen-bond acceptors (Lipinski definition) is 10. The van der Waals surface area contributed by atoms with Crippen LogP contribution in [0.1, 0.15) is 31.4 Å². The molecule has 0 bridgehead atoms. The van der Waals surface area contributed by atoms with E-state index in [2.05, 4.69) is 46.0 Å². The monoisotopic (exact) mass is 519 g/mol. The second-order valence-electron chi connectivity index (χ2n) is 9.59. The number of aryl methyl sites for hydroxylation is 3. The highest BCUT2D eigenvalue weighted by atomic mass is 16.3. The van der Waals surface area contributed by atoms with Gasteiger partial charge in [0.1, 0.15) is 0 Å². The Morgan fingerprint density at radius 3 is 2.68 bits per heavy atom. The number of aromatic nitrogens is 7. The molecule has 0 aliphatic heterocycles. The molecule has 4 N–H and O–H groups in total. The normalized spacial score (nSPS) is 13.9. The van der Waals surface area contributed by atoms with Crippen molar-refractivity contribution in [3.05, 3.63) is 36.5 Å². The number of aliphatic hydroxyl groups excluding tert-OH is 1. The van der Waals surface area contributed by atoms with E-state index in [-0.39, 0.29) is 19.1 Å². The van der Waals surface area contributed by atoms with Gasteiger partial charge in [-0.15, -0.1) is 0 Å². The van der Waals surface area contributed by atoms with Gasteiger partial charge < -0.3 is 21.1 Å². The van der Waals surface area contributed by atoms with Gasteiger partial charge in [0.25, 0.3) is 0 Å². The Labute approximate surface area is 220 Å². The molecule has 200 valence electrons. The van der Waals surface area contributed by atoms with Crippen LogP contribution in [0.15, 0.2) is 30.9 Å². The van der Waals surface area contributed by atoms with E-state index < -0.39 is 0 Å². The summed E-state index contributed by atoms with van der Waals surface area (Å²) in [4.78, 5) is 28.4. The number of fused-ring (bicyclic) bond motifs is 1. The molecule has 1 aliphatic carbocycles. The van der Waals surface area contributed by atoms with Crippen LogP contribution in [-0.2, 0) is 18.9 Å². The Kier molecular flexibility index (Phi) is 7.47. The van der Waals surface area contributed by atoms with Crippen LogP contribution in [0.2, 0.25) is 0 Å². The maximum atomic E-state index is 12.8. The molecule has 0 saturated heterocycles. The third-order valence-corrected chi connectivity index (χ3v) is 6.74. The first-order chi connectivity index (χ1) is 18.4. The maximum absolute atomic E-state index is 12.8. The summed E-state index contributed by atoms with van der Waals surface area (Å²) in [7, 11) is 3.66. The van der Waals surface area contributed by atoms with Gasteiger partial charge in [-0.1, -0.05) is 12.8 Å². The fourth-order valence-electron chi connectivity index (χ4n) is 4.83. The Balaban J connectivity index is 1.30. The van der Waals surface area contributed by atoms with Crippen molar-refractivity contribution in [2.24, 2.45) is 14.1 Å². The SMILES string of the molecule is Cc1ncc(NC(=O)CN(CCO)C2CCCC2)cc1Nc1nn(C)c2nc(Nc3cnn(C)c3)ncc12. The predicted octanol–water partition coefficient (Wildman–Crippen LogP) is 2.46. The Hall–Kier alpha value is -4.10. The zero-order valence-electron chi connectivity index (χ0n) is 21.8. The lowest BCUT2D eigenvalue weighted by molar-refractivity contribution is -0.118. The van der Waals surface area contributed by atoms with Crippen molar-refractivity contribution in [3.8, 4) is 0 Å². The van der Waals surface area contributed by atoms with Crippen molar-refractivity contribution in [3.63, 3.8) is 0 Å². The molecule has 38 heavy (non-hydrogen) atoms. The number of amides is 1. The second-order valence-corrected chi connectivity index (χ2v) is 9.59. The molecule has 13 nitrogen and oxygen atoms in total. The lowest BCUT2D eigenvalue weighted by atomic mass is 10.2. The Morgan fingerprint density at radius 1 is 1.13 bits per heavy atom. The maximum Gasteiger partial charge on any atom is 0.238 e. The van der Waals surface area contributed by atoms with Crippen LogP contribution in [0.25, 0.3) is 11.0 Å². The molecule has 0 spiro atoms. The molecule has 0 atom stereocenters. The average Bonchev–Trinajstić information content (AvgIpc) is 3.63. The molecule has 0 aromatic carbocycles. The molecule has 1 amide bonds. The quantitative estimate of drug-likeness (QED) is 0.246. The van der Waals surface area contributed by atoms with Crippen LogP contribution in [0.5, 0.6) is 0 Å². The highest BCUT2D eigenvalue weighted by molar-refractivity contribution is 5.93. The summed E-state index contributed by atoms with van der Waals surface area (Å²) in [5.41, 5.74) is 3.49. The highest BCUT2D eigenvalue weighted by Crippen LogP contribution is 2.28. The first-order valence-corrected chi connectivity index (χ1v) is 12.7. The molecule has 0 unspecified atom stereocenters. The van der Waals surface area contributed by atoms with E-state index in [1.165, 1.54) is 12.8 Å². The third kappa shape index (κ3) is 5.73. The van der Waals surface area contributed by atoms with E-state index in [9.17, 15) is 9.90 Å². The molecule has 4 aromatic heterocycles. The molecule has 13 heteroatoms. The van der Waals surface area contributed by atoms with Gasteiger partial charge in [-0.25, -0.2) is 9.67 Å². The van der Waals surface area contributed by atoms with Gasteiger partial charge in [0.15, 0.2) is 11.5 Å². The molecule has 4 aromatic rings. The lowest BCUT2D eigenvalue weighted by Gasteiger charge is -2.27. The lowest BCUT2D eigenvalue weighted by Crippen LogP contribution is -2.41. The van der Waals surface area contributed by atoms with Gasteiger partial charge in [0, 0.05) is 39.1 Å². The van der Waals surface area contributed by atoms with Crippen molar-refractivity contribution in [2.75, 3.05) is 35.6 Å². The largest absolute Gasteiger partial charge is 0.395 e. The summed E-state index contributed by atoms with van der Waals surface area (Å²) < 4.78 is 3.38. The molecule has 1 aliphatic rings. The number of carbonyl (C=O) groups excluding carboxylic acids is 1. The minimum absolute atomic E-state index is 0.0344. The van der Waals surface area contributed by atoms with E-state index in [0.717, 1.165) is 29.6 Å². The standard InChI is InChI=1S/C25H33N11O2/c1-16-21(10-17(11-26-16)29-22(38)15-36(8-9-37)19-6-4-5-7-19)31-23-20-13-27-25(32-24(20)35(3)33-23)30-18-12-28-34(2)14-18/h10-14,19,37H,4-9,15H2,1-3H3,(H,29,38)(H,31,33)(H,27,30,32). The minimum Gasteiger partial charge on any atom is -0.395 e. The average molecular weight is 520 g/mol. The predicted molar refractivity (Wildman–Crippen MR) is 145 cm³/mol. The summed E-state index contributed by atoms with van der Waals surface area (Å²) in [6.07, 6.45) is 11.4. The molecule has 1 fully saturated rings. The van der Waals surface area contributed by atoms with Crippen LogP contribution in [0, 0.1) is 6.92 Å². The Morgan fingerprint density at radius 2 is 1.95 bits per heavy atom. The number of pyridine rings is 1. The van der Waals surface area contributed by atoms with Crippen LogP contribution in [0.4, 0.5) is 28.8 Å². The third-order valence-electron chi connectivity index (χ3n) is 6.74. The summed E-state index contributed by atoms with van der Waals surface area (Å²) in [6, 6.07) is 2.19. The summed E-state index contributed by atoms with van der Waals surface area (Å²) >= 11 is 0. The number of nitrogens with zero attached hydrogens (tertiary/aromatic N) is 8. The van der Waals surface area contributed by atoms with Crippen molar-refractivity contribution >= 4 is 45.8 Å². The zero-order valence-corrected chi connectivity index (χ0v) is 21.8. The van der Waals surface area contributed by atoms with E-state index in [4.69, 9.17) is 0 Å². The molecular weight excluding hydrogens is 486 g/mol. The van der Waals surface area contributed by atoms with E-state index in [0.29, 0.717) is 41.4 Å². The van der Waals surface area contributed by atoms with Crippen LogP contribution < -0.4 is 16.0 Å². The summed E-state index contributed by atoms with van der Waals surface area (Å²) in [6.45, 7) is 2.64. The molecular formula is C25H33N11O2. The molecule has 1 saturated carbocycles. The van der Waals surface area contributed by atoms with Gasteiger partial charge >= 0.3 is 0 Å². The van der Waals surface area contributed by atoms with Crippen LogP contribution >= 0.6 is 0 Å².